The molecule has 2 amide bonds. The summed E-state index contributed by atoms with van der Waals surface area (Å²) in [5.41, 5.74) is 1.58. The van der Waals surface area contributed by atoms with Crippen molar-refractivity contribution in [3.8, 4) is 0 Å². The minimum atomic E-state index is -0.499. The van der Waals surface area contributed by atoms with Gasteiger partial charge in [0.1, 0.15) is 17.2 Å². The first-order chi connectivity index (χ1) is 9.86. The first kappa shape index (κ1) is 15.8. The highest BCUT2D eigenvalue weighted by Gasteiger charge is 2.38. The van der Waals surface area contributed by atoms with Crippen LogP contribution in [0.2, 0.25) is 5.15 Å². The number of hydrogen-bond donors (Lipinski definition) is 1. The van der Waals surface area contributed by atoms with Crippen LogP contribution in [0.25, 0.3) is 0 Å². The number of aryl methyl sites for hydroxylation is 2. The van der Waals surface area contributed by atoms with Crippen molar-refractivity contribution in [1.29, 1.82) is 0 Å². The second kappa shape index (κ2) is 6.05. The molecule has 116 valence electrons. The van der Waals surface area contributed by atoms with Crippen molar-refractivity contribution in [2.45, 2.75) is 52.2 Å². The van der Waals surface area contributed by atoms with E-state index in [1.54, 1.807) is 23.6 Å². The van der Waals surface area contributed by atoms with Crippen molar-refractivity contribution < 1.29 is 9.59 Å². The first-order valence-corrected chi connectivity index (χ1v) is 7.53. The van der Waals surface area contributed by atoms with Gasteiger partial charge in [-0.15, -0.1) is 0 Å². The summed E-state index contributed by atoms with van der Waals surface area (Å²) in [4.78, 5) is 26.2. The van der Waals surface area contributed by atoms with Crippen LogP contribution in [0.15, 0.2) is 0 Å². The summed E-state index contributed by atoms with van der Waals surface area (Å²) in [7, 11) is 1.76. The fourth-order valence-electron chi connectivity index (χ4n) is 2.69. The Morgan fingerprint density at radius 3 is 2.57 bits per heavy atom. The molecule has 6 nitrogen and oxygen atoms in total. The number of aromatic nitrogens is 2. The van der Waals surface area contributed by atoms with E-state index in [1.807, 2.05) is 13.8 Å². The summed E-state index contributed by atoms with van der Waals surface area (Å²) in [6.45, 7) is 5.87. The minimum absolute atomic E-state index is 0.0765. The molecule has 1 aliphatic rings. The van der Waals surface area contributed by atoms with Crippen LogP contribution < -0.4 is 5.32 Å². The zero-order valence-electron chi connectivity index (χ0n) is 12.8. The lowest BCUT2D eigenvalue weighted by atomic mass is 10.0. The molecule has 0 spiro atoms. The van der Waals surface area contributed by atoms with Gasteiger partial charge in [0.05, 0.1) is 12.2 Å². The molecule has 2 unspecified atom stereocenters. The summed E-state index contributed by atoms with van der Waals surface area (Å²) in [5, 5.41) is 7.50. The predicted octanol–water partition coefficient (Wildman–Crippen LogP) is 1.40. The molecule has 7 heteroatoms. The second-order valence-corrected chi connectivity index (χ2v) is 5.84. The Kier molecular flexibility index (Phi) is 4.56. The van der Waals surface area contributed by atoms with Crippen molar-refractivity contribution in [1.82, 2.24) is 20.0 Å². The Labute approximate surface area is 129 Å². The van der Waals surface area contributed by atoms with Crippen molar-refractivity contribution in [3.05, 3.63) is 16.4 Å². The molecule has 1 N–H and O–H groups in total. The number of carbonyl (C=O) groups is 2. The molecular formula is C14H21ClN4O2. The van der Waals surface area contributed by atoms with Crippen LogP contribution in [0.4, 0.5) is 0 Å². The average Bonchev–Trinajstić information content (AvgIpc) is 2.66. The van der Waals surface area contributed by atoms with E-state index >= 15 is 0 Å². The molecule has 21 heavy (non-hydrogen) atoms. The fourth-order valence-corrected chi connectivity index (χ4v) is 2.92. The highest BCUT2D eigenvalue weighted by atomic mass is 35.5. The molecule has 1 aromatic heterocycles. The lowest BCUT2D eigenvalue weighted by Gasteiger charge is -2.38. The highest BCUT2D eigenvalue weighted by Crippen LogP contribution is 2.24. The standard InChI is InChI=1S/C14H21ClN4O2/c1-5-6-11-13(20)16-9(3)14(21)19(11)7-10-8(2)17-18(4)12(10)15/h9,11H,5-7H2,1-4H3,(H,16,20). The topological polar surface area (TPSA) is 67.2 Å². The second-order valence-electron chi connectivity index (χ2n) is 5.48. The van der Waals surface area contributed by atoms with E-state index in [-0.39, 0.29) is 11.8 Å². The lowest BCUT2D eigenvalue weighted by molar-refractivity contribution is -0.149. The average molecular weight is 313 g/mol. The number of rotatable bonds is 4. The van der Waals surface area contributed by atoms with E-state index in [0.29, 0.717) is 18.1 Å². The van der Waals surface area contributed by atoms with E-state index in [1.165, 1.54) is 0 Å². The highest BCUT2D eigenvalue weighted by molar-refractivity contribution is 6.30. The third-order valence-electron chi connectivity index (χ3n) is 3.85. The smallest absolute Gasteiger partial charge is 0.245 e. The fraction of sp³-hybridized carbons (Fsp3) is 0.643. The molecule has 0 aliphatic carbocycles. The van der Waals surface area contributed by atoms with Gasteiger partial charge in [0.15, 0.2) is 0 Å². The van der Waals surface area contributed by atoms with Crippen molar-refractivity contribution in [2.24, 2.45) is 7.05 Å². The Morgan fingerprint density at radius 2 is 2.05 bits per heavy atom. The van der Waals surface area contributed by atoms with E-state index in [2.05, 4.69) is 10.4 Å². The monoisotopic (exact) mass is 312 g/mol. The van der Waals surface area contributed by atoms with Gasteiger partial charge in [-0.25, -0.2) is 0 Å². The summed E-state index contributed by atoms with van der Waals surface area (Å²) in [6.07, 6.45) is 1.47. The van der Waals surface area contributed by atoms with Gasteiger partial charge in [-0.1, -0.05) is 24.9 Å². The van der Waals surface area contributed by atoms with Crippen LogP contribution in [0.5, 0.6) is 0 Å². The van der Waals surface area contributed by atoms with Gasteiger partial charge in [0, 0.05) is 12.6 Å². The third kappa shape index (κ3) is 2.90. The maximum Gasteiger partial charge on any atom is 0.245 e. The van der Waals surface area contributed by atoms with Gasteiger partial charge in [-0.3, -0.25) is 14.3 Å². The largest absolute Gasteiger partial charge is 0.343 e. The Bertz CT molecular complexity index is 570. The van der Waals surface area contributed by atoms with Gasteiger partial charge in [-0.05, 0) is 20.3 Å². The molecule has 2 heterocycles. The van der Waals surface area contributed by atoms with Crippen LogP contribution in [0.3, 0.4) is 0 Å². The van der Waals surface area contributed by atoms with E-state index in [9.17, 15) is 9.59 Å². The van der Waals surface area contributed by atoms with Crippen molar-refractivity contribution in [2.75, 3.05) is 0 Å². The Hall–Kier alpha value is -1.56. The normalized spacial score (nSPS) is 22.6. The van der Waals surface area contributed by atoms with Crippen LogP contribution in [-0.4, -0.2) is 38.6 Å². The van der Waals surface area contributed by atoms with Crippen LogP contribution in [0.1, 0.15) is 37.9 Å². The van der Waals surface area contributed by atoms with Crippen LogP contribution in [-0.2, 0) is 23.2 Å². The quantitative estimate of drug-likeness (QED) is 0.914. The van der Waals surface area contributed by atoms with E-state index in [0.717, 1.165) is 17.7 Å². The van der Waals surface area contributed by atoms with Gasteiger partial charge >= 0.3 is 0 Å². The van der Waals surface area contributed by atoms with Gasteiger partial charge in [0.25, 0.3) is 0 Å². The molecule has 1 fully saturated rings. The maximum atomic E-state index is 12.4. The number of hydrogen-bond acceptors (Lipinski definition) is 3. The number of halogens is 1. The molecule has 0 aromatic carbocycles. The van der Waals surface area contributed by atoms with E-state index < -0.39 is 12.1 Å². The van der Waals surface area contributed by atoms with Crippen LogP contribution in [0, 0.1) is 6.92 Å². The molecule has 1 aliphatic heterocycles. The molecular weight excluding hydrogens is 292 g/mol. The summed E-state index contributed by atoms with van der Waals surface area (Å²) < 4.78 is 1.58. The minimum Gasteiger partial charge on any atom is -0.343 e. The number of carbonyl (C=O) groups excluding carboxylic acids is 2. The SMILES string of the molecule is CCCC1C(=O)NC(C)C(=O)N1Cc1c(C)nn(C)c1Cl. The number of nitrogens with one attached hydrogen (secondary N) is 1. The van der Waals surface area contributed by atoms with Gasteiger partial charge in [0.2, 0.25) is 11.8 Å². The molecule has 1 aromatic rings. The summed E-state index contributed by atoms with van der Waals surface area (Å²) in [6, 6.07) is -0.935. The first-order valence-electron chi connectivity index (χ1n) is 7.15. The zero-order chi connectivity index (χ0) is 15.7. The predicted molar refractivity (Wildman–Crippen MR) is 79.8 cm³/mol. The number of amides is 2. The molecule has 0 bridgehead atoms. The van der Waals surface area contributed by atoms with E-state index in [4.69, 9.17) is 11.6 Å². The van der Waals surface area contributed by atoms with Crippen molar-refractivity contribution >= 4 is 23.4 Å². The Morgan fingerprint density at radius 1 is 1.38 bits per heavy atom. The third-order valence-corrected chi connectivity index (χ3v) is 4.32. The number of nitrogens with zero attached hydrogens (tertiary/aromatic N) is 3. The number of piperazine rings is 1. The molecule has 1 saturated heterocycles. The molecule has 0 saturated carbocycles. The van der Waals surface area contributed by atoms with Crippen LogP contribution >= 0.6 is 11.6 Å². The van der Waals surface area contributed by atoms with Crippen molar-refractivity contribution in [3.63, 3.8) is 0 Å². The Balaban J connectivity index is 2.32. The lowest BCUT2D eigenvalue weighted by Crippen LogP contribution is -2.61. The summed E-state index contributed by atoms with van der Waals surface area (Å²) >= 11 is 6.24. The van der Waals surface area contributed by atoms with Gasteiger partial charge in [-0.2, -0.15) is 5.10 Å². The maximum absolute atomic E-state index is 12.4. The molecule has 0 radical (unpaired) electrons. The summed E-state index contributed by atoms with van der Waals surface area (Å²) in [5.74, 6) is -0.172. The van der Waals surface area contributed by atoms with Gasteiger partial charge < -0.3 is 10.2 Å². The zero-order valence-corrected chi connectivity index (χ0v) is 13.6. The molecule has 2 rings (SSSR count). The molecule has 2 atom stereocenters.